The largest absolute Gasteiger partial charge is 0.459 e. The minimum atomic E-state index is -2.93. The Hall–Kier alpha value is -7.06. The SMILES string of the molecule is CC(=O)O[C@@H]1[C@@H](OC[C@H]2O[C@H](O)[C@@H](OC(=O)c3ccccc3)[C@@H](O[Si](C)(C)C(C)(C)C)[C@@H]2OC(=O)c2ccccc2)O[C@H](COC(=O)c2ccccc2)[C@@H](OC(=O)c2ccccc2)[C@@H]1OC(=O)c1ccccc1. The second-order valence-corrected chi connectivity index (χ2v) is 23.5. The van der Waals surface area contributed by atoms with Crippen LogP contribution in [0.2, 0.25) is 18.1 Å². The van der Waals surface area contributed by atoms with Crippen LogP contribution in [0.1, 0.15) is 79.5 Å². The van der Waals surface area contributed by atoms with Crippen molar-refractivity contribution in [1.29, 1.82) is 0 Å². The summed E-state index contributed by atoms with van der Waals surface area (Å²) in [5.74, 6) is -5.13. The number of carbonyl (C=O) groups is 6. The highest BCUT2D eigenvalue weighted by atomic mass is 28.4. The summed E-state index contributed by atoms with van der Waals surface area (Å²) in [6.45, 7) is 9.58. The molecule has 5 aromatic rings. The molecule has 0 bridgehead atoms. The third-order valence-electron chi connectivity index (χ3n) is 12.6. The van der Waals surface area contributed by atoms with Crippen molar-refractivity contribution >= 4 is 44.1 Å². The first kappa shape index (κ1) is 53.7. The molecule has 18 heteroatoms. The topological polar surface area (TPSA) is 215 Å². The van der Waals surface area contributed by atoms with Crippen LogP contribution in [0.4, 0.5) is 0 Å². The van der Waals surface area contributed by atoms with Gasteiger partial charge in [0, 0.05) is 6.92 Å². The fraction of sp³-hybridized carbons (Fsp3) is 0.345. The molecule has 17 nitrogen and oxygen atoms in total. The Kier molecular flexibility index (Phi) is 17.7. The molecule has 2 fully saturated rings. The number of benzene rings is 5. The van der Waals surface area contributed by atoms with Crippen molar-refractivity contribution in [1.82, 2.24) is 0 Å². The predicted octanol–water partition coefficient (Wildman–Crippen LogP) is 7.53. The first-order valence-electron chi connectivity index (χ1n) is 23.6. The Bertz CT molecular complexity index is 2650. The Morgan fingerprint density at radius 3 is 1.22 bits per heavy atom. The average Bonchev–Trinajstić information content (AvgIpc) is 3.38. The van der Waals surface area contributed by atoms with E-state index in [0.29, 0.717) is 0 Å². The summed E-state index contributed by atoms with van der Waals surface area (Å²) in [4.78, 5) is 82.2. The lowest BCUT2D eigenvalue weighted by Gasteiger charge is -2.49. The van der Waals surface area contributed by atoms with Crippen LogP contribution in [0, 0.1) is 0 Å². The first-order valence-corrected chi connectivity index (χ1v) is 26.5. The standard InChI is InChI=1S/C55H58O17Si/c1-34(56)65-47-44(70-51(60)38-28-18-10-19-29-38)42(68-49(58)36-24-14-8-15-25-36)41(32-63-48(57)35-22-12-7-13-23-35)67-54(47)64-33-40-43(69-50(59)37-26-16-9-17-27-37)45(72-73(5,6)55(2,3)4)46(53(62)66-40)71-52(61)39-30-20-11-21-31-39/h7-31,40-47,53-54,62H,32-33H2,1-6H3/t40-,41-,42-,43-,44+,45+,46+,47+,53+,54+/m1/s1. The molecule has 0 amide bonds. The van der Waals surface area contributed by atoms with Crippen LogP contribution in [0.25, 0.3) is 0 Å². The van der Waals surface area contributed by atoms with Gasteiger partial charge in [0.2, 0.25) is 0 Å². The van der Waals surface area contributed by atoms with E-state index in [2.05, 4.69) is 0 Å². The van der Waals surface area contributed by atoms with Crippen LogP contribution in [-0.2, 0) is 51.9 Å². The van der Waals surface area contributed by atoms with Gasteiger partial charge in [0.15, 0.2) is 51.4 Å². The van der Waals surface area contributed by atoms with E-state index >= 15 is 0 Å². The van der Waals surface area contributed by atoms with Crippen molar-refractivity contribution in [2.24, 2.45) is 0 Å². The second-order valence-electron chi connectivity index (χ2n) is 18.8. The third-order valence-corrected chi connectivity index (χ3v) is 17.0. The number of rotatable bonds is 17. The number of hydrogen-bond acceptors (Lipinski definition) is 17. The van der Waals surface area contributed by atoms with Gasteiger partial charge >= 0.3 is 35.8 Å². The minimum absolute atomic E-state index is 0.0798. The highest BCUT2D eigenvalue weighted by Crippen LogP contribution is 2.41. The molecule has 0 spiro atoms. The fourth-order valence-electron chi connectivity index (χ4n) is 7.76. The molecule has 2 saturated heterocycles. The van der Waals surface area contributed by atoms with Gasteiger partial charge in [-0.25, -0.2) is 24.0 Å². The van der Waals surface area contributed by atoms with E-state index in [0.717, 1.165) is 6.92 Å². The summed E-state index contributed by atoms with van der Waals surface area (Å²) >= 11 is 0. The van der Waals surface area contributed by atoms with E-state index in [1.54, 1.807) is 91.0 Å². The Morgan fingerprint density at radius 1 is 0.466 bits per heavy atom. The van der Waals surface area contributed by atoms with Crippen LogP contribution in [0.3, 0.4) is 0 Å². The lowest BCUT2D eigenvalue weighted by Crippen LogP contribution is -2.66. The summed E-state index contributed by atoms with van der Waals surface area (Å²) in [7, 11) is -2.93. The molecule has 2 aliphatic rings. The van der Waals surface area contributed by atoms with Crippen LogP contribution < -0.4 is 0 Å². The summed E-state index contributed by atoms with van der Waals surface area (Å²) in [6, 6.07) is 39.9. The van der Waals surface area contributed by atoms with Gasteiger partial charge in [-0.15, -0.1) is 0 Å². The minimum Gasteiger partial charge on any atom is -0.459 e. The van der Waals surface area contributed by atoms with Crippen LogP contribution in [0.15, 0.2) is 152 Å². The van der Waals surface area contributed by atoms with Crippen molar-refractivity contribution < 1.29 is 80.9 Å². The molecule has 73 heavy (non-hydrogen) atoms. The maximum absolute atomic E-state index is 14.1. The van der Waals surface area contributed by atoms with Crippen molar-refractivity contribution in [2.75, 3.05) is 13.2 Å². The first-order chi connectivity index (χ1) is 34.9. The van der Waals surface area contributed by atoms with Gasteiger partial charge < -0.3 is 52.2 Å². The highest BCUT2D eigenvalue weighted by Gasteiger charge is 2.57. The number of carbonyl (C=O) groups excluding carboxylic acids is 6. The summed E-state index contributed by atoms with van der Waals surface area (Å²) in [6.07, 6.45) is -16.2. The Labute approximate surface area is 423 Å². The molecule has 0 unspecified atom stereocenters. The lowest BCUT2D eigenvalue weighted by atomic mass is 9.97. The summed E-state index contributed by atoms with van der Waals surface area (Å²) in [5.41, 5.74) is 0.671. The summed E-state index contributed by atoms with van der Waals surface area (Å²) < 4.78 is 62.0. The maximum atomic E-state index is 14.1. The van der Waals surface area contributed by atoms with E-state index < -0.39 is 124 Å². The van der Waals surface area contributed by atoms with Gasteiger partial charge in [-0.2, -0.15) is 0 Å². The van der Waals surface area contributed by atoms with Gasteiger partial charge in [0.25, 0.3) is 0 Å². The molecule has 2 aliphatic heterocycles. The molecular weight excluding hydrogens is 961 g/mol. The monoisotopic (exact) mass is 1020 g/mol. The van der Waals surface area contributed by atoms with Gasteiger partial charge in [-0.3, -0.25) is 4.79 Å². The zero-order chi connectivity index (χ0) is 52.3. The fourth-order valence-corrected chi connectivity index (χ4v) is 9.06. The average molecular weight is 1020 g/mol. The second kappa shape index (κ2) is 24.1. The van der Waals surface area contributed by atoms with Crippen molar-refractivity contribution in [3.8, 4) is 0 Å². The van der Waals surface area contributed by atoms with Gasteiger partial charge in [0.05, 0.1) is 34.4 Å². The van der Waals surface area contributed by atoms with E-state index in [-0.39, 0.29) is 27.8 Å². The van der Waals surface area contributed by atoms with Crippen molar-refractivity contribution in [2.45, 2.75) is 107 Å². The molecular formula is C55H58O17Si. The number of aliphatic hydroxyl groups excluding tert-OH is 1. The molecule has 2 heterocycles. The molecule has 7 rings (SSSR count). The Balaban J connectivity index is 1.28. The quantitative estimate of drug-likeness (QED) is 0.0541. The molecule has 384 valence electrons. The molecule has 0 saturated carbocycles. The normalized spacial score (nSPS) is 24.0. The summed E-state index contributed by atoms with van der Waals surface area (Å²) in [5, 5.41) is 11.4. The predicted molar refractivity (Wildman–Crippen MR) is 262 cm³/mol. The van der Waals surface area contributed by atoms with Gasteiger partial charge in [0.1, 0.15) is 24.9 Å². The van der Waals surface area contributed by atoms with Crippen LogP contribution in [0.5, 0.6) is 0 Å². The smallest absolute Gasteiger partial charge is 0.338 e. The molecule has 10 atom stereocenters. The molecule has 0 aliphatic carbocycles. The van der Waals surface area contributed by atoms with Crippen LogP contribution >= 0.6 is 0 Å². The third kappa shape index (κ3) is 13.7. The highest BCUT2D eigenvalue weighted by molar-refractivity contribution is 6.74. The molecule has 0 radical (unpaired) electrons. The zero-order valence-electron chi connectivity index (χ0n) is 41.1. The molecule has 0 aromatic heterocycles. The number of aliphatic hydroxyl groups is 1. The van der Waals surface area contributed by atoms with Crippen molar-refractivity contribution in [3.63, 3.8) is 0 Å². The van der Waals surface area contributed by atoms with Gasteiger partial charge in [-0.1, -0.05) is 112 Å². The van der Waals surface area contributed by atoms with Crippen molar-refractivity contribution in [3.05, 3.63) is 179 Å². The van der Waals surface area contributed by atoms with Crippen LogP contribution in [-0.4, -0.2) is 124 Å². The van der Waals surface area contributed by atoms with E-state index in [1.807, 2.05) is 33.9 Å². The Morgan fingerprint density at radius 2 is 0.822 bits per heavy atom. The van der Waals surface area contributed by atoms with Gasteiger partial charge in [-0.05, 0) is 78.8 Å². The molecule has 1 N–H and O–H groups in total. The number of esters is 6. The number of ether oxygens (including phenoxy) is 9. The lowest BCUT2D eigenvalue weighted by molar-refractivity contribution is -0.324. The molecule has 5 aromatic carbocycles. The maximum Gasteiger partial charge on any atom is 0.338 e. The van der Waals surface area contributed by atoms with E-state index in [4.69, 9.17) is 47.1 Å². The number of hydrogen-bond donors (Lipinski definition) is 1. The zero-order valence-corrected chi connectivity index (χ0v) is 42.1. The van der Waals surface area contributed by atoms with E-state index in [9.17, 15) is 33.9 Å². The van der Waals surface area contributed by atoms with E-state index in [1.165, 1.54) is 60.7 Å².